The van der Waals surface area contributed by atoms with Gasteiger partial charge in [-0.05, 0) is 69.1 Å². The molecule has 1 saturated carbocycles. The van der Waals surface area contributed by atoms with Crippen LogP contribution < -0.4 is 5.32 Å². The van der Waals surface area contributed by atoms with Crippen molar-refractivity contribution in [2.75, 3.05) is 19.7 Å². The van der Waals surface area contributed by atoms with Crippen molar-refractivity contribution in [3.8, 4) is 0 Å². The number of aromatic nitrogens is 1. The van der Waals surface area contributed by atoms with Gasteiger partial charge in [-0.1, -0.05) is 48.0 Å². The maximum absolute atomic E-state index is 13.5. The van der Waals surface area contributed by atoms with E-state index in [4.69, 9.17) is 4.74 Å². The molecule has 184 valence electrons. The first-order chi connectivity index (χ1) is 17.0. The van der Waals surface area contributed by atoms with Crippen LogP contribution in [-0.4, -0.2) is 41.6 Å². The van der Waals surface area contributed by atoms with Crippen molar-refractivity contribution in [2.24, 2.45) is 11.8 Å². The number of ether oxygens (including phenoxy) is 1. The van der Waals surface area contributed by atoms with Crippen molar-refractivity contribution in [3.63, 3.8) is 0 Å². The third kappa shape index (κ3) is 4.79. The second-order valence-corrected chi connectivity index (χ2v) is 9.98. The molecule has 2 aromatic carbocycles. The number of nitrogens with zero attached hydrogens (tertiary/aromatic N) is 1. The highest BCUT2D eigenvalue weighted by molar-refractivity contribution is 5.86. The maximum Gasteiger partial charge on any atom is 0.318 e. The average Bonchev–Trinajstić information content (AvgIpc) is 3.26. The number of aromatic amines is 1. The van der Waals surface area contributed by atoms with E-state index >= 15 is 0 Å². The molecular formula is C29H35N3O3. The number of benzene rings is 2. The van der Waals surface area contributed by atoms with Crippen LogP contribution in [0.25, 0.3) is 10.9 Å². The highest BCUT2D eigenvalue weighted by Gasteiger charge is 2.35. The third-order valence-electron chi connectivity index (χ3n) is 7.70. The Morgan fingerprint density at radius 2 is 1.80 bits per heavy atom. The Morgan fingerprint density at radius 3 is 2.54 bits per heavy atom. The molecule has 2 N–H and O–H groups in total. The lowest BCUT2D eigenvalue weighted by Gasteiger charge is -2.37. The first kappa shape index (κ1) is 23.5. The van der Waals surface area contributed by atoms with Crippen molar-refractivity contribution in [1.29, 1.82) is 0 Å². The second kappa shape index (κ2) is 10.1. The number of para-hydroxylation sites is 1. The van der Waals surface area contributed by atoms with E-state index in [-0.39, 0.29) is 24.0 Å². The van der Waals surface area contributed by atoms with Crippen LogP contribution in [0.5, 0.6) is 0 Å². The fourth-order valence-electron chi connectivity index (χ4n) is 5.75. The van der Waals surface area contributed by atoms with Gasteiger partial charge in [0.15, 0.2) is 0 Å². The zero-order valence-electron chi connectivity index (χ0n) is 20.7. The Balaban J connectivity index is 1.31. The smallest absolute Gasteiger partial charge is 0.318 e. The number of fused-ring (bicyclic) bond motifs is 3. The number of aryl methyl sites for hydroxylation is 1. The summed E-state index contributed by atoms with van der Waals surface area (Å²) in [4.78, 5) is 31.1. The first-order valence-corrected chi connectivity index (χ1v) is 12.9. The van der Waals surface area contributed by atoms with Crippen molar-refractivity contribution < 1.29 is 14.3 Å². The van der Waals surface area contributed by atoms with E-state index in [0.29, 0.717) is 25.6 Å². The van der Waals surface area contributed by atoms with E-state index in [2.05, 4.69) is 59.7 Å². The lowest BCUT2D eigenvalue weighted by molar-refractivity contribution is -0.149. The molecular weight excluding hydrogens is 438 g/mol. The average molecular weight is 474 g/mol. The van der Waals surface area contributed by atoms with E-state index in [0.717, 1.165) is 48.9 Å². The number of rotatable bonds is 5. The van der Waals surface area contributed by atoms with Crippen LogP contribution in [-0.2, 0) is 16.0 Å². The van der Waals surface area contributed by atoms with Gasteiger partial charge in [-0.25, -0.2) is 4.79 Å². The van der Waals surface area contributed by atoms with E-state index in [1.54, 1.807) is 0 Å². The van der Waals surface area contributed by atoms with Gasteiger partial charge in [-0.15, -0.1) is 0 Å². The van der Waals surface area contributed by atoms with Crippen LogP contribution in [0.2, 0.25) is 0 Å². The quantitative estimate of drug-likeness (QED) is 0.480. The molecule has 3 aromatic rings. The minimum Gasteiger partial charge on any atom is -0.466 e. The Labute approximate surface area is 207 Å². The van der Waals surface area contributed by atoms with Gasteiger partial charge in [0.1, 0.15) is 0 Å². The van der Waals surface area contributed by atoms with Gasteiger partial charge in [-0.3, -0.25) is 4.79 Å². The number of H-pyrrole nitrogens is 1. The largest absolute Gasteiger partial charge is 0.466 e. The van der Waals surface area contributed by atoms with Gasteiger partial charge in [0.05, 0.1) is 18.6 Å². The summed E-state index contributed by atoms with van der Waals surface area (Å²) in [5.74, 6) is 0.338. The lowest BCUT2D eigenvalue weighted by Crippen LogP contribution is -2.47. The molecule has 1 unspecified atom stereocenters. The Kier molecular flexibility index (Phi) is 6.80. The van der Waals surface area contributed by atoms with E-state index in [1.165, 1.54) is 16.5 Å². The van der Waals surface area contributed by atoms with Crippen LogP contribution in [0.15, 0.2) is 48.5 Å². The van der Waals surface area contributed by atoms with Crippen molar-refractivity contribution >= 4 is 22.9 Å². The molecule has 6 nitrogen and oxygen atoms in total. The summed E-state index contributed by atoms with van der Waals surface area (Å²) in [7, 11) is 0. The minimum absolute atomic E-state index is 0.00958. The van der Waals surface area contributed by atoms with E-state index < -0.39 is 0 Å². The SMILES string of the molecule is CCOC(=O)C1CCC(CNC(=O)N2CCc3c([nH]c4ccccc34)C2c2ccc(C)cc2)CC1. The number of carbonyl (C=O) groups is 2. The van der Waals surface area contributed by atoms with Crippen LogP contribution in [0.3, 0.4) is 0 Å². The molecule has 0 radical (unpaired) electrons. The Morgan fingerprint density at radius 1 is 1.06 bits per heavy atom. The summed E-state index contributed by atoms with van der Waals surface area (Å²) in [5.41, 5.74) is 5.87. The summed E-state index contributed by atoms with van der Waals surface area (Å²) in [6, 6.07) is 16.7. The fourth-order valence-corrected chi connectivity index (χ4v) is 5.75. The molecule has 1 aliphatic heterocycles. The number of urea groups is 1. The molecule has 5 rings (SSSR count). The fraction of sp³-hybridized carbons (Fsp3) is 0.448. The zero-order valence-corrected chi connectivity index (χ0v) is 20.7. The number of nitrogens with one attached hydrogen (secondary N) is 2. The minimum atomic E-state index is -0.147. The maximum atomic E-state index is 13.5. The third-order valence-corrected chi connectivity index (χ3v) is 7.70. The Bertz CT molecular complexity index is 1190. The summed E-state index contributed by atoms with van der Waals surface area (Å²) in [6.07, 6.45) is 4.40. The standard InChI is InChI=1S/C29H35N3O3/c1-3-35-28(33)22-14-10-20(11-15-22)18-30-29(34)32-17-16-24-23-6-4-5-7-25(23)31-26(24)27(32)21-12-8-19(2)9-13-21/h4-9,12-13,20,22,27,31H,3,10-11,14-18H2,1-2H3,(H,30,34). The van der Waals surface area contributed by atoms with Gasteiger partial charge in [0, 0.05) is 29.7 Å². The molecule has 1 aliphatic carbocycles. The van der Waals surface area contributed by atoms with E-state index in [1.807, 2.05) is 17.9 Å². The van der Waals surface area contributed by atoms with Gasteiger partial charge in [0.25, 0.3) is 0 Å². The van der Waals surface area contributed by atoms with Gasteiger partial charge >= 0.3 is 12.0 Å². The molecule has 2 aliphatic rings. The van der Waals surface area contributed by atoms with Gasteiger partial charge in [-0.2, -0.15) is 0 Å². The number of hydrogen-bond donors (Lipinski definition) is 2. The molecule has 1 aromatic heterocycles. The van der Waals surface area contributed by atoms with Crippen LogP contribution in [0.1, 0.15) is 61.0 Å². The Hall–Kier alpha value is -3.28. The highest BCUT2D eigenvalue weighted by atomic mass is 16.5. The van der Waals surface area contributed by atoms with Gasteiger partial charge in [0.2, 0.25) is 0 Å². The summed E-state index contributed by atoms with van der Waals surface area (Å²) in [6.45, 7) is 5.69. The highest BCUT2D eigenvalue weighted by Crippen LogP contribution is 2.38. The van der Waals surface area contributed by atoms with Crippen LogP contribution >= 0.6 is 0 Å². The molecule has 1 fully saturated rings. The molecule has 2 heterocycles. The normalized spacial score (nSPS) is 22.0. The summed E-state index contributed by atoms with van der Waals surface area (Å²) >= 11 is 0. The predicted molar refractivity (Wildman–Crippen MR) is 137 cm³/mol. The summed E-state index contributed by atoms with van der Waals surface area (Å²) < 4.78 is 5.19. The molecule has 1 atom stereocenters. The zero-order chi connectivity index (χ0) is 24.4. The number of esters is 1. The number of hydrogen-bond acceptors (Lipinski definition) is 3. The number of amides is 2. The molecule has 0 bridgehead atoms. The van der Waals surface area contributed by atoms with Crippen molar-refractivity contribution in [1.82, 2.24) is 15.2 Å². The van der Waals surface area contributed by atoms with E-state index in [9.17, 15) is 9.59 Å². The second-order valence-electron chi connectivity index (χ2n) is 9.98. The van der Waals surface area contributed by atoms with Crippen molar-refractivity contribution in [2.45, 2.75) is 52.0 Å². The lowest BCUT2D eigenvalue weighted by atomic mass is 9.82. The molecule has 0 saturated heterocycles. The van der Waals surface area contributed by atoms with Gasteiger partial charge < -0.3 is 19.9 Å². The number of carbonyl (C=O) groups excluding carboxylic acids is 2. The molecule has 35 heavy (non-hydrogen) atoms. The molecule has 0 spiro atoms. The van der Waals surface area contributed by atoms with Crippen molar-refractivity contribution in [3.05, 3.63) is 70.9 Å². The van der Waals surface area contributed by atoms with Crippen LogP contribution in [0, 0.1) is 18.8 Å². The first-order valence-electron chi connectivity index (χ1n) is 12.9. The van der Waals surface area contributed by atoms with Crippen LogP contribution in [0.4, 0.5) is 4.79 Å². The molecule has 2 amide bonds. The summed E-state index contributed by atoms with van der Waals surface area (Å²) in [5, 5.41) is 4.47. The topological polar surface area (TPSA) is 74.4 Å². The predicted octanol–water partition coefficient (Wildman–Crippen LogP) is 5.50. The monoisotopic (exact) mass is 473 g/mol. The molecule has 6 heteroatoms.